The highest BCUT2D eigenvalue weighted by molar-refractivity contribution is 6.22. The van der Waals surface area contributed by atoms with E-state index in [2.05, 4.69) is 12.2 Å². The Hall–Kier alpha value is -3.15. The zero-order valence-electron chi connectivity index (χ0n) is 17.1. The van der Waals surface area contributed by atoms with Crippen molar-refractivity contribution in [2.75, 3.05) is 16.8 Å². The molecule has 2 aromatic rings. The quantitative estimate of drug-likeness (QED) is 0.721. The first kappa shape index (κ1) is 20.6. The molecule has 6 nitrogen and oxygen atoms in total. The van der Waals surface area contributed by atoms with E-state index < -0.39 is 6.04 Å². The number of amides is 4. The number of imide groups is 1. The monoisotopic (exact) mass is 393 g/mol. The van der Waals surface area contributed by atoms with Gasteiger partial charge >= 0.3 is 6.03 Å². The minimum absolute atomic E-state index is 0.0733. The summed E-state index contributed by atoms with van der Waals surface area (Å²) in [6.07, 6.45) is 0.850. The third kappa shape index (κ3) is 4.65. The Morgan fingerprint density at radius 1 is 1.03 bits per heavy atom. The average Bonchev–Trinajstić information content (AvgIpc) is 2.92. The predicted octanol–water partition coefficient (Wildman–Crippen LogP) is 4.07. The Morgan fingerprint density at radius 3 is 2.28 bits per heavy atom. The van der Waals surface area contributed by atoms with E-state index in [1.165, 1.54) is 15.4 Å². The second-order valence-electron chi connectivity index (χ2n) is 7.66. The molecule has 1 fully saturated rings. The van der Waals surface area contributed by atoms with Gasteiger partial charge in [-0.05, 0) is 42.2 Å². The maximum Gasteiger partial charge on any atom is 0.332 e. The molecule has 1 aliphatic rings. The van der Waals surface area contributed by atoms with Crippen LogP contribution in [0.25, 0.3) is 0 Å². The molecule has 29 heavy (non-hydrogen) atoms. The van der Waals surface area contributed by atoms with Gasteiger partial charge in [-0.25, -0.2) is 9.69 Å². The number of hydrogen-bond acceptors (Lipinski definition) is 3. The largest absolute Gasteiger partial charge is 0.332 e. The zero-order chi connectivity index (χ0) is 21.0. The first-order valence-electron chi connectivity index (χ1n) is 9.99. The molecule has 0 aliphatic carbocycles. The molecule has 4 amide bonds. The van der Waals surface area contributed by atoms with Crippen molar-refractivity contribution < 1.29 is 14.4 Å². The van der Waals surface area contributed by atoms with Crippen LogP contribution < -0.4 is 10.2 Å². The molecule has 0 spiro atoms. The molecule has 0 bridgehead atoms. The number of carbonyl (C=O) groups is 3. The van der Waals surface area contributed by atoms with Gasteiger partial charge in [-0.15, -0.1) is 0 Å². The summed E-state index contributed by atoms with van der Waals surface area (Å²) in [4.78, 5) is 41.4. The summed E-state index contributed by atoms with van der Waals surface area (Å²) in [5.74, 6) is -0.475. The lowest BCUT2D eigenvalue weighted by atomic mass is 10.1. The number of rotatable bonds is 7. The Kier molecular flexibility index (Phi) is 6.32. The molecule has 1 heterocycles. The minimum Gasteiger partial charge on any atom is -0.326 e. The number of carbonyl (C=O) groups excluding carboxylic acids is 3. The molecule has 1 saturated heterocycles. The molecule has 0 aromatic heterocycles. The zero-order valence-corrected chi connectivity index (χ0v) is 17.1. The summed E-state index contributed by atoms with van der Waals surface area (Å²) in [5, 5.41) is 2.84. The van der Waals surface area contributed by atoms with Crippen LogP contribution in [0.3, 0.4) is 0 Å². The van der Waals surface area contributed by atoms with E-state index in [0.29, 0.717) is 17.9 Å². The third-order valence-electron chi connectivity index (χ3n) is 4.92. The van der Waals surface area contributed by atoms with Crippen LogP contribution in [-0.2, 0) is 16.0 Å². The molecule has 3 rings (SSSR count). The Labute approximate surface area is 171 Å². The minimum atomic E-state index is -0.806. The normalized spacial score (nSPS) is 16.6. The van der Waals surface area contributed by atoms with Crippen LogP contribution in [0.15, 0.2) is 54.6 Å². The number of anilines is 2. The van der Waals surface area contributed by atoms with Gasteiger partial charge in [0.05, 0.1) is 12.1 Å². The van der Waals surface area contributed by atoms with Crippen molar-refractivity contribution in [2.45, 2.75) is 39.7 Å². The Morgan fingerprint density at radius 2 is 1.69 bits per heavy atom. The summed E-state index contributed by atoms with van der Waals surface area (Å²) in [5.41, 5.74) is 2.38. The first-order valence-corrected chi connectivity index (χ1v) is 9.99. The summed E-state index contributed by atoms with van der Waals surface area (Å²) in [7, 11) is 0. The van der Waals surface area contributed by atoms with Gasteiger partial charge in [-0.3, -0.25) is 9.59 Å². The highest BCUT2D eigenvalue weighted by Crippen LogP contribution is 2.27. The molecule has 0 radical (unpaired) electrons. The highest BCUT2D eigenvalue weighted by atomic mass is 16.2. The van der Waals surface area contributed by atoms with Gasteiger partial charge in [-0.2, -0.15) is 0 Å². The SMILES string of the molecule is CCc1ccc(NC(=O)C[C@H]2C(=O)N(c3ccccc3)C(=O)N2CC(C)C)cc1. The second kappa shape index (κ2) is 8.90. The number of urea groups is 1. The molecule has 2 aromatic carbocycles. The lowest BCUT2D eigenvalue weighted by Crippen LogP contribution is -2.40. The lowest BCUT2D eigenvalue weighted by Gasteiger charge is -2.23. The van der Waals surface area contributed by atoms with Crippen molar-refractivity contribution in [1.29, 1.82) is 0 Å². The first-order chi connectivity index (χ1) is 13.9. The predicted molar refractivity (Wildman–Crippen MR) is 114 cm³/mol. The van der Waals surface area contributed by atoms with Crippen LogP contribution in [0.1, 0.15) is 32.8 Å². The van der Waals surface area contributed by atoms with E-state index in [1.54, 1.807) is 24.3 Å². The van der Waals surface area contributed by atoms with Crippen LogP contribution in [-0.4, -0.2) is 35.3 Å². The fourth-order valence-electron chi connectivity index (χ4n) is 3.46. The molecule has 1 N–H and O–H groups in total. The van der Waals surface area contributed by atoms with Crippen molar-refractivity contribution in [3.63, 3.8) is 0 Å². The highest BCUT2D eigenvalue weighted by Gasteiger charge is 2.46. The van der Waals surface area contributed by atoms with Crippen LogP contribution in [0.5, 0.6) is 0 Å². The van der Waals surface area contributed by atoms with Gasteiger partial charge in [0.25, 0.3) is 5.91 Å². The van der Waals surface area contributed by atoms with E-state index >= 15 is 0 Å². The Bertz CT molecular complexity index is 878. The van der Waals surface area contributed by atoms with E-state index in [1.807, 2.05) is 44.2 Å². The summed E-state index contributed by atoms with van der Waals surface area (Å²) < 4.78 is 0. The number of nitrogens with zero attached hydrogens (tertiary/aromatic N) is 2. The maximum atomic E-state index is 13.1. The molecule has 1 atom stereocenters. The number of benzene rings is 2. The summed E-state index contributed by atoms with van der Waals surface area (Å²) in [6.45, 7) is 6.44. The third-order valence-corrected chi connectivity index (χ3v) is 4.92. The molecule has 6 heteroatoms. The van der Waals surface area contributed by atoms with Crippen molar-refractivity contribution in [3.8, 4) is 0 Å². The van der Waals surface area contributed by atoms with Gasteiger partial charge in [0.2, 0.25) is 5.91 Å². The molecule has 152 valence electrons. The van der Waals surface area contributed by atoms with E-state index in [0.717, 1.165) is 6.42 Å². The van der Waals surface area contributed by atoms with Crippen LogP contribution in [0.2, 0.25) is 0 Å². The number of para-hydroxylation sites is 1. The van der Waals surface area contributed by atoms with Gasteiger partial charge in [-0.1, -0.05) is 51.1 Å². The van der Waals surface area contributed by atoms with Crippen LogP contribution >= 0.6 is 0 Å². The van der Waals surface area contributed by atoms with Crippen LogP contribution in [0.4, 0.5) is 16.2 Å². The fourth-order valence-corrected chi connectivity index (χ4v) is 3.46. The summed E-state index contributed by atoms with van der Waals surface area (Å²) >= 11 is 0. The van der Waals surface area contributed by atoms with Gasteiger partial charge in [0, 0.05) is 12.2 Å². The van der Waals surface area contributed by atoms with Crippen molar-refractivity contribution in [1.82, 2.24) is 4.90 Å². The maximum absolute atomic E-state index is 13.1. The lowest BCUT2D eigenvalue weighted by molar-refractivity contribution is -0.124. The van der Waals surface area contributed by atoms with Crippen molar-refractivity contribution in [3.05, 3.63) is 60.2 Å². The smallest absolute Gasteiger partial charge is 0.326 e. The van der Waals surface area contributed by atoms with Crippen molar-refractivity contribution >= 4 is 29.2 Å². The van der Waals surface area contributed by atoms with Gasteiger partial charge in [0.15, 0.2) is 0 Å². The number of nitrogens with one attached hydrogen (secondary N) is 1. The average molecular weight is 393 g/mol. The number of aryl methyl sites for hydroxylation is 1. The topological polar surface area (TPSA) is 69.7 Å². The molecular weight excluding hydrogens is 366 g/mol. The van der Waals surface area contributed by atoms with E-state index in [9.17, 15) is 14.4 Å². The molecule has 0 saturated carbocycles. The molecular formula is C23H27N3O3. The standard InChI is InChI=1S/C23H27N3O3/c1-4-17-10-12-18(13-11-17)24-21(27)14-20-22(28)26(19-8-6-5-7-9-19)23(29)25(20)15-16(2)3/h5-13,16,20H,4,14-15H2,1-3H3,(H,24,27)/t20-/m0/s1. The van der Waals surface area contributed by atoms with Crippen LogP contribution in [0, 0.1) is 5.92 Å². The van der Waals surface area contributed by atoms with E-state index in [4.69, 9.17) is 0 Å². The number of hydrogen-bond donors (Lipinski definition) is 1. The van der Waals surface area contributed by atoms with E-state index in [-0.39, 0.29) is 30.2 Å². The van der Waals surface area contributed by atoms with Gasteiger partial charge < -0.3 is 10.2 Å². The Balaban J connectivity index is 1.78. The molecule has 1 aliphatic heterocycles. The van der Waals surface area contributed by atoms with Crippen molar-refractivity contribution in [2.24, 2.45) is 5.92 Å². The second-order valence-corrected chi connectivity index (χ2v) is 7.66. The summed E-state index contributed by atoms with van der Waals surface area (Å²) in [6, 6.07) is 15.3. The fraction of sp³-hybridized carbons (Fsp3) is 0.348. The van der Waals surface area contributed by atoms with Gasteiger partial charge in [0.1, 0.15) is 6.04 Å². The molecule has 0 unspecified atom stereocenters.